The van der Waals surface area contributed by atoms with E-state index in [1.807, 2.05) is 6.92 Å². The van der Waals surface area contributed by atoms with Gasteiger partial charge in [0, 0.05) is 22.3 Å². The number of carbonyl (C=O) groups excluding carboxylic acids is 1. The first-order valence-corrected chi connectivity index (χ1v) is 4.40. The van der Waals surface area contributed by atoms with Crippen LogP contribution in [-0.2, 0) is 0 Å². The van der Waals surface area contributed by atoms with Gasteiger partial charge in [-0.25, -0.2) is 4.79 Å². The van der Waals surface area contributed by atoms with E-state index in [9.17, 15) is 4.79 Å². The number of carbonyl (C=O) groups is 1. The Balaban J connectivity index is 2.57. The quantitative estimate of drug-likeness (QED) is 0.628. The highest BCUT2D eigenvalue weighted by molar-refractivity contribution is 8.03. The average molecular weight is 172 g/mol. The molecular weight excluding hydrogens is 160 g/mol. The maximum Gasteiger partial charge on any atom is 0.316 e. The largest absolute Gasteiger partial charge is 0.351 e. The van der Waals surface area contributed by atoms with Crippen molar-refractivity contribution in [3.63, 3.8) is 0 Å². The van der Waals surface area contributed by atoms with Gasteiger partial charge in [-0.2, -0.15) is 0 Å². The van der Waals surface area contributed by atoms with Crippen LogP contribution in [0.3, 0.4) is 0 Å². The predicted octanol–water partition coefficient (Wildman–Crippen LogP) is 1.41. The third-order valence-electron chi connectivity index (χ3n) is 1.57. The van der Waals surface area contributed by atoms with Crippen LogP contribution >= 0.6 is 11.8 Å². The number of hydrogen-bond donors (Lipinski definition) is 2. The van der Waals surface area contributed by atoms with Crippen molar-refractivity contribution in [1.82, 2.24) is 5.32 Å². The summed E-state index contributed by atoms with van der Waals surface area (Å²) in [6.07, 6.45) is 0.916. The fraction of sp³-hybridized carbons (Fsp3) is 0.571. The molecule has 0 spiro atoms. The molecule has 62 valence electrons. The number of nitrogens with two attached hydrogens (primary N) is 1. The molecule has 0 bridgehead atoms. The van der Waals surface area contributed by atoms with E-state index in [0.29, 0.717) is 5.25 Å². The Morgan fingerprint density at radius 2 is 2.45 bits per heavy atom. The van der Waals surface area contributed by atoms with Gasteiger partial charge >= 0.3 is 6.03 Å². The second-order valence-corrected chi connectivity index (χ2v) is 4.31. The van der Waals surface area contributed by atoms with Gasteiger partial charge in [-0.15, -0.1) is 11.8 Å². The number of primary amides is 1. The van der Waals surface area contributed by atoms with Crippen molar-refractivity contribution in [2.24, 2.45) is 5.73 Å². The summed E-state index contributed by atoms with van der Waals surface area (Å²) in [6, 6.07) is -0.464. The Hall–Kier alpha value is -0.640. The fourth-order valence-electron chi connectivity index (χ4n) is 1.13. The molecule has 0 fully saturated rings. The second kappa shape index (κ2) is 3.17. The Morgan fingerprint density at radius 3 is 2.82 bits per heavy atom. The monoisotopic (exact) mass is 172 g/mol. The van der Waals surface area contributed by atoms with Crippen LogP contribution in [0.25, 0.3) is 0 Å². The minimum absolute atomic E-state index is 0.464. The number of nitrogens with one attached hydrogen (secondary N) is 1. The Morgan fingerprint density at radius 1 is 1.82 bits per heavy atom. The number of amides is 2. The van der Waals surface area contributed by atoms with Gasteiger partial charge in [-0.1, -0.05) is 6.92 Å². The van der Waals surface area contributed by atoms with Crippen LogP contribution in [-0.4, -0.2) is 11.3 Å². The third kappa shape index (κ3) is 2.15. The van der Waals surface area contributed by atoms with E-state index in [1.54, 1.807) is 11.8 Å². The first-order chi connectivity index (χ1) is 5.09. The molecular formula is C7H12N2OS. The lowest BCUT2D eigenvalue weighted by atomic mass is 10.2. The first-order valence-electron chi connectivity index (χ1n) is 3.52. The van der Waals surface area contributed by atoms with Crippen molar-refractivity contribution in [2.45, 2.75) is 25.5 Å². The molecule has 2 amide bonds. The van der Waals surface area contributed by atoms with Crippen LogP contribution in [0.15, 0.2) is 10.6 Å². The van der Waals surface area contributed by atoms with Gasteiger partial charge in [0.05, 0.1) is 0 Å². The summed E-state index contributed by atoms with van der Waals surface area (Å²) < 4.78 is 0. The molecule has 1 aliphatic heterocycles. The molecule has 3 N–H and O–H groups in total. The smallest absolute Gasteiger partial charge is 0.316 e. The molecule has 0 aromatic rings. The fourth-order valence-corrected chi connectivity index (χ4v) is 2.26. The molecule has 0 saturated heterocycles. The average Bonchev–Trinajstić information content (AvgIpc) is 2.09. The van der Waals surface area contributed by atoms with Crippen LogP contribution in [0.4, 0.5) is 4.79 Å². The zero-order valence-electron chi connectivity index (χ0n) is 6.68. The summed E-state index contributed by atoms with van der Waals surface area (Å²) in [5, 5.41) is 3.19. The molecule has 0 saturated carbocycles. The van der Waals surface area contributed by atoms with Gasteiger partial charge in [-0.05, 0) is 6.92 Å². The number of urea groups is 1. The molecule has 0 radical (unpaired) electrons. The van der Waals surface area contributed by atoms with Crippen LogP contribution in [0.2, 0.25) is 0 Å². The van der Waals surface area contributed by atoms with E-state index in [4.69, 9.17) is 5.73 Å². The first kappa shape index (κ1) is 8.46. The molecule has 1 rings (SSSR count). The molecule has 3 nitrogen and oxygen atoms in total. The summed E-state index contributed by atoms with van der Waals surface area (Å²) in [7, 11) is 0. The van der Waals surface area contributed by atoms with E-state index in [-0.39, 0.29) is 0 Å². The third-order valence-corrected chi connectivity index (χ3v) is 2.74. The summed E-state index contributed by atoms with van der Waals surface area (Å²) in [5.74, 6) is 0. The molecule has 0 aromatic carbocycles. The summed E-state index contributed by atoms with van der Waals surface area (Å²) in [4.78, 5) is 11.7. The summed E-state index contributed by atoms with van der Waals surface area (Å²) in [5.41, 5.74) is 5.97. The lowest BCUT2D eigenvalue weighted by molar-refractivity contribution is 0.251. The highest BCUT2D eigenvalue weighted by Gasteiger charge is 2.18. The van der Waals surface area contributed by atoms with E-state index >= 15 is 0 Å². The number of allylic oxidation sites excluding steroid dienone is 2. The molecule has 0 aliphatic carbocycles. The van der Waals surface area contributed by atoms with E-state index in [2.05, 4.69) is 12.2 Å². The van der Waals surface area contributed by atoms with Gasteiger partial charge in [0.2, 0.25) is 0 Å². The van der Waals surface area contributed by atoms with Crippen LogP contribution < -0.4 is 11.1 Å². The van der Waals surface area contributed by atoms with Crippen molar-refractivity contribution < 1.29 is 4.79 Å². The van der Waals surface area contributed by atoms with Crippen LogP contribution in [0.1, 0.15) is 20.3 Å². The highest BCUT2D eigenvalue weighted by Crippen LogP contribution is 2.35. The van der Waals surface area contributed by atoms with Crippen molar-refractivity contribution in [2.75, 3.05) is 0 Å². The Labute approximate surface area is 70.4 Å². The lowest BCUT2D eigenvalue weighted by Crippen LogP contribution is -2.28. The highest BCUT2D eigenvalue weighted by atomic mass is 32.2. The topological polar surface area (TPSA) is 55.1 Å². The number of hydrogen-bond acceptors (Lipinski definition) is 2. The normalized spacial score (nSPS) is 24.0. The Kier molecular flexibility index (Phi) is 2.44. The van der Waals surface area contributed by atoms with E-state index in [0.717, 1.165) is 12.1 Å². The molecule has 0 aromatic heterocycles. The SMILES string of the molecule is CC1=C(NC(N)=O)CC(C)S1. The molecule has 11 heavy (non-hydrogen) atoms. The number of rotatable bonds is 1. The zero-order valence-corrected chi connectivity index (χ0v) is 7.49. The zero-order chi connectivity index (χ0) is 8.43. The van der Waals surface area contributed by atoms with Crippen molar-refractivity contribution in [3.05, 3.63) is 10.6 Å². The molecule has 1 unspecified atom stereocenters. The maximum absolute atomic E-state index is 10.5. The predicted molar refractivity (Wildman–Crippen MR) is 47.1 cm³/mol. The van der Waals surface area contributed by atoms with E-state index in [1.165, 1.54) is 4.91 Å². The van der Waals surface area contributed by atoms with Gasteiger partial charge in [0.25, 0.3) is 0 Å². The van der Waals surface area contributed by atoms with Gasteiger partial charge in [0.1, 0.15) is 0 Å². The molecule has 1 heterocycles. The van der Waals surface area contributed by atoms with Gasteiger partial charge < -0.3 is 11.1 Å². The molecule has 1 atom stereocenters. The number of thioether (sulfide) groups is 1. The van der Waals surface area contributed by atoms with Crippen molar-refractivity contribution in [1.29, 1.82) is 0 Å². The van der Waals surface area contributed by atoms with Crippen molar-refractivity contribution in [3.8, 4) is 0 Å². The standard InChI is InChI=1S/C7H12N2OS/c1-4-3-6(5(2)11-4)9-7(8)10/h4H,3H2,1-2H3,(H3,8,9,10). The minimum atomic E-state index is -0.464. The summed E-state index contributed by atoms with van der Waals surface area (Å²) in [6.45, 7) is 4.13. The maximum atomic E-state index is 10.5. The summed E-state index contributed by atoms with van der Waals surface area (Å²) >= 11 is 1.78. The van der Waals surface area contributed by atoms with Crippen molar-refractivity contribution >= 4 is 17.8 Å². The molecule has 1 aliphatic rings. The second-order valence-electron chi connectivity index (χ2n) is 2.66. The minimum Gasteiger partial charge on any atom is -0.351 e. The van der Waals surface area contributed by atoms with Crippen LogP contribution in [0.5, 0.6) is 0 Å². The van der Waals surface area contributed by atoms with Gasteiger partial charge in [-0.3, -0.25) is 0 Å². The Bertz CT molecular complexity index is 212. The molecule has 4 heteroatoms. The van der Waals surface area contributed by atoms with Gasteiger partial charge in [0.15, 0.2) is 0 Å². The van der Waals surface area contributed by atoms with E-state index < -0.39 is 6.03 Å². The lowest BCUT2D eigenvalue weighted by Gasteiger charge is -2.02. The van der Waals surface area contributed by atoms with Crippen LogP contribution in [0, 0.1) is 0 Å².